The number of rotatable bonds is 4. The van der Waals surface area contributed by atoms with E-state index >= 15 is 0 Å². The number of fused-ring (bicyclic) bond motifs is 1. The van der Waals surface area contributed by atoms with Crippen molar-refractivity contribution in [3.8, 4) is 11.4 Å². The summed E-state index contributed by atoms with van der Waals surface area (Å²) in [7, 11) is 0.267. The van der Waals surface area contributed by atoms with Crippen LogP contribution in [-0.4, -0.2) is 65.2 Å². The van der Waals surface area contributed by atoms with Crippen LogP contribution >= 0.6 is 0 Å². The van der Waals surface area contributed by atoms with Crippen molar-refractivity contribution in [2.45, 2.75) is 56.9 Å². The molecule has 3 aromatic rings. The third kappa shape index (κ3) is 6.32. The van der Waals surface area contributed by atoms with Gasteiger partial charge in [-0.2, -0.15) is 13.5 Å². The van der Waals surface area contributed by atoms with Crippen LogP contribution in [0, 0.1) is 0 Å². The summed E-state index contributed by atoms with van der Waals surface area (Å²) in [5.74, 6) is 0.980. The van der Waals surface area contributed by atoms with E-state index in [9.17, 15) is 13.2 Å². The first kappa shape index (κ1) is 26.3. The SMILES string of the molecule is CNC1CCN(c2ccc(-c3nc4c(c(C5CCCCC5)nn4C)c(=O)[nH]3)cc2)CC1.CS(=O)(=O)O. The van der Waals surface area contributed by atoms with Gasteiger partial charge < -0.3 is 15.2 Å². The molecule has 1 aromatic carbocycles. The Morgan fingerprint density at radius 2 is 1.67 bits per heavy atom. The smallest absolute Gasteiger partial charge is 0.262 e. The zero-order valence-corrected chi connectivity index (χ0v) is 22.0. The maximum absolute atomic E-state index is 13.1. The number of anilines is 1. The van der Waals surface area contributed by atoms with Crippen LogP contribution in [-0.2, 0) is 17.2 Å². The second-order valence-electron chi connectivity index (χ2n) is 9.79. The highest BCUT2D eigenvalue weighted by molar-refractivity contribution is 7.85. The minimum absolute atomic E-state index is 0.0770. The van der Waals surface area contributed by atoms with E-state index in [4.69, 9.17) is 14.6 Å². The van der Waals surface area contributed by atoms with Crippen LogP contribution in [0.3, 0.4) is 0 Å². The summed E-state index contributed by atoms with van der Waals surface area (Å²) in [5, 5.41) is 8.77. The molecule has 0 unspecified atom stereocenters. The highest BCUT2D eigenvalue weighted by Crippen LogP contribution is 2.34. The van der Waals surface area contributed by atoms with Crippen molar-refractivity contribution < 1.29 is 13.0 Å². The summed E-state index contributed by atoms with van der Waals surface area (Å²) in [6.45, 7) is 2.12. The Hall–Kier alpha value is -2.76. The van der Waals surface area contributed by atoms with Gasteiger partial charge in [-0.05, 0) is 57.0 Å². The summed E-state index contributed by atoms with van der Waals surface area (Å²) in [4.78, 5) is 23.3. The van der Waals surface area contributed by atoms with E-state index in [0.717, 1.165) is 50.0 Å². The predicted molar refractivity (Wildman–Crippen MR) is 142 cm³/mol. The molecular weight excluding hydrogens is 480 g/mol. The van der Waals surface area contributed by atoms with Gasteiger partial charge in [-0.1, -0.05) is 19.3 Å². The van der Waals surface area contributed by atoms with Crippen LogP contribution in [0.25, 0.3) is 22.4 Å². The summed E-state index contributed by atoms with van der Waals surface area (Å²) >= 11 is 0. The van der Waals surface area contributed by atoms with Crippen molar-refractivity contribution in [2.75, 3.05) is 31.3 Å². The minimum Gasteiger partial charge on any atom is -0.371 e. The molecule has 3 N–H and O–H groups in total. The summed E-state index contributed by atoms with van der Waals surface area (Å²) in [5.41, 5.74) is 3.68. The zero-order valence-electron chi connectivity index (χ0n) is 21.2. The van der Waals surface area contributed by atoms with Crippen LogP contribution in [0.2, 0.25) is 0 Å². The van der Waals surface area contributed by atoms with Gasteiger partial charge in [0.2, 0.25) is 0 Å². The number of aromatic amines is 1. The molecule has 2 aliphatic rings. The predicted octanol–water partition coefficient (Wildman–Crippen LogP) is 3.06. The Labute approximate surface area is 211 Å². The highest BCUT2D eigenvalue weighted by atomic mass is 32.2. The van der Waals surface area contributed by atoms with Crippen LogP contribution in [0.15, 0.2) is 29.1 Å². The summed E-state index contributed by atoms with van der Waals surface area (Å²) < 4.78 is 27.6. The average Bonchev–Trinajstić information content (AvgIpc) is 3.21. The van der Waals surface area contributed by atoms with Gasteiger partial charge in [-0.15, -0.1) is 0 Å². The lowest BCUT2D eigenvalue weighted by atomic mass is 9.86. The monoisotopic (exact) mass is 516 g/mol. The number of piperidine rings is 1. The Kier molecular flexibility index (Phi) is 8.11. The van der Waals surface area contributed by atoms with Crippen molar-refractivity contribution in [1.29, 1.82) is 0 Å². The molecule has 2 fully saturated rings. The van der Waals surface area contributed by atoms with Gasteiger partial charge in [0.25, 0.3) is 15.7 Å². The summed E-state index contributed by atoms with van der Waals surface area (Å²) in [6.07, 6.45) is 8.97. The summed E-state index contributed by atoms with van der Waals surface area (Å²) in [6, 6.07) is 9.00. The van der Waals surface area contributed by atoms with Gasteiger partial charge >= 0.3 is 0 Å². The number of aromatic nitrogens is 4. The van der Waals surface area contributed by atoms with Gasteiger partial charge in [-0.25, -0.2) is 9.67 Å². The molecule has 1 aliphatic carbocycles. The quantitative estimate of drug-likeness (QED) is 0.451. The van der Waals surface area contributed by atoms with Crippen molar-refractivity contribution in [3.63, 3.8) is 0 Å². The van der Waals surface area contributed by atoms with Gasteiger partial charge in [0.05, 0.1) is 11.9 Å². The lowest BCUT2D eigenvalue weighted by molar-refractivity contribution is 0.435. The first-order chi connectivity index (χ1) is 17.1. The number of hydrogen-bond donors (Lipinski definition) is 3. The van der Waals surface area contributed by atoms with E-state index in [1.807, 2.05) is 14.1 Å². The molecule has 1 saturated heterocycles. The molecule has 0 spiro atoms. The molecule has 196 valence electrons. The Morgan fingerprint density at radius 1 is 1.06 bits per heavy atom. The zero-order chi connectivity index (χ0) is 25.9. The number of aryl methyl sites for hydroxylation is 1. The van der Waals surface area contributed by atoms with E-state index in [-0.39, 0.29) is 5.56 Å². The highest BCUT2D eigenvalue weighted by Gasteiger charge is 2.24. The van der Waals surface area contributed by atoms with Crippen molar-refractivity contribution in [1.82, 2.24) is 25.1 Å². The van der Waals surface area contributed by atoms with Gasteiger partial charge in [-0.3, -0.25) is 9.35 Å². The van der Waals surface area contributed by atoms with Crippen molar-refractivity contribution in [3.05, 3.63) is 40.3 Å². The Bertz CT molecular complexity index is 1330. The Morgan fingerprint density at radius 3 is 2.25 bits per heavy atom. The van der Waals surface area contributed by atoms with Crippen LogP contribution in [0.1, 0.15) is 56.6 Å². The fourth-order valence-corrected chi connectivity index (χ4v) is 5.24. The fraction of sp³-hybridized carbons (Fsp3) is 0.560. The average molecular weight is 517 g/mol. The van der Waals surface area contributed by atoms with Crippen molar-refractivity contribution in [2.24, 2.45) is 7.05 Å². The molecule has 11 heteroatoms. The van der Waals surface area contributed by atoms with E-state index in [1.54, 1.807) is 4.68 Å². The van der Waals surface area contributed by atoms with Crippen LogP contribution in [0.4, 0.5) is 5.69 Å². The first-order valence-corrected chi connectivity index (χ1v) is 14.4. The fourth-order valence-electron chi connectivity index (χ4n) is 5.24. The molecular formula is C25H36N6O4S. The standard InChI is InChI=1S/C24H32N6O.CH4O3S/c1-25-18-12-14-30(15-13-18)19-10-8-17(9-11-19)22-26-23-20(24(31)27-22)21(28-29(23)2)16-6-4-3-5-7-16;1-5(2,3)4/h8-11,16,18,25H,3-7,12-15H2,1-2H3,(H,26,27,31);1H3,(H,2,3,4). The van der Waals surface area contributed by atoms with Gasteiger partial charge in [0, 0.05) is 43.3 Å². The van der Waals surface area contributed by atoms with Gasteiger partial charge in [0.15, 0.2) is 5.65 Å². The largest absolute Gasteiger partial charge is 0.371 e. The van der Waals surface area contributed by atoms with E-state index in [1.165, 1.54) is 24.9 Å². The number of H-pyrrole nitrogens is 1. The minimum atomic E-state index is -3.67. The van der Waals surface area contributed by atoms with Crippen molar-refractivity contribution >= 4 is 26.8 Å². The molecule has 5 rings (SSSR count). The maximum Gasteiger partial charge on any atom is 0.262 e. The normalized spacial score (nSPS) is 17.7. The molecule has 1 aliphatic heterocycles. The van der Waals surface area contributed by atoms with Crippen LogP contribution < -0.4 is 15.8 Å². The van der Waals surface area contributed by atoms with E-state index in [0.29, 0.717) is 35.1 Å². The molecule has 0 radical (unpaired) electrons. The second kappa shape index (κ2) is 11.1. The molecule has 36 heavy (non-hydrogen) atoms. The van der Waals surface area contributed by atoms with E-state index < -0.39 is 10.1 Å². The van der Waals surface area contributed by atoms with Gasteiger partial charge in [0.1, 0.15) is 11.2 Å². The first-order valence-electron chi connectivity index (χ1n) is 12.6. The molecule has 2 aromatic heterocycles. The number of nitrogens with one attached hydrogen (secondary N) is 2. The molecule has 0 bridgehead atoms. The molecule has 1 saturated carbocycles. The third-order valence-corrected chi connectivity index (χ3v) is 7.12. The number of benzene rings is 1. The molecule has 10 nitrogen and oxygen atoms in total. The maximum atomic E-state index is 13.1. The topological polar surface area (TPSA) is 133 Å². The number of hydrogen-bond acceptors (Lipinski definition) is 7. The van der Waals surface area contributed by atoms with Crippen LogP contribution in [0.5, 0.6) is 0 Å². The molecule has 3 heterocycles. The third-order valence-electron chi connectivity index (χ3n) is 7.12. The lowest BCUT2D eigenvalue weighted by Gasteiger charge is -2.33. The lowest BCUT2D eigenvalue weighted by Crippen LogP contribution is -2.41. The molecule has 0 amide bonds. The van der Waals surface area contributed by atoms with E-state index in [2.05, 4.69) is 39.5 Å². The molecule has 0 atom stereocenters. The number of nitrogens with zero attached hydrogens (tertiary/aromatic N) is 4. The second-order valence-corrected chi connectivity index (χ2v) is 11.3. The Balaban J connectivity index is 0.000000556.